The number of hydrogen-bond donors (Lipinski definition) is 2. The maximum absolute atomic E-state index is 12.1. The number of benzene rings is 1. The Kier molecular flexibility index (Phi) is 3.65. The van der Waals surface area contributed by atoms with Crippen LogP contribution in [0.25, 0.3) is 0 Å². The molecule has 0 bridgehead atoms. The zero-order valence-electron chi connectivity index (χ0n) is 10.8. The Balaban J connectivity index is 2.36. The van der Waals surface area contributed by atoms with Gasteiger partial charge in [-0.3, -0.25) is 19.6 Å². The van der Waals surface area contributed by atoms with E-state index in [2.05, 4.69) is 10.4 Å². The van der Waals surface area contributed by atoms with E-state index in [1.54, 1.807) is 0 Å². The molecule has 0 unspecified atom stereocenters. The molecule has 2 rings (SSSR count). The van der Waals surface area contributed by atoms with Gasteiger partial charge < -0.3 is 10.4 Å². The van der Waals surface area contributed by atoms with E-state index in [-0.39, 0.29) is 22.6 Å². The molecule has 2 N–H and O–H groups in total. The minimum absolute atomic E-state index is 0.0341. The number of nitrogens with one attached hydrogen (secondary N) is 1. The van der Waals surface area contributed by atoms with Crippen LogP contribution in [0, 0.1) is 10.1 Å². The van der Waals surface area contributed by atoms with E-state index in [4.69, 9.17) is 5.11 Å². The zero-order valence-corrected chi connectivity index (χ0v) is 10.8. The van der Waals surface area contributed by atoms with E-state index < -0.39 is 16.8 Å². The van der Waals surface area contributed by atoms with E-state index in [9.17, 15) is 19.7 Å². The third-order valence-electron chi connectivity index (χ3n) is 2.73. The number of nitro benzene ring substituents is 1. The fourth-order valence-corrected chi connectivity index (χ4v) is 1.80. The van der Waals surface area contributed by atoms with Crippen molar-refractivity contribution in [3.63, 3.8) is 0 Å². The first-order valence-corrected chi connectivity index (χ1v) is 5.72. The minimum atomic E-state index is -1.27. The number of aromatic nitrogens is 2. The van der Waals surface area contributed by atoms with E-state index in [1.165, 1.54) is 31.3 Å². The summed E-state index contributed by atoms with van der Waals surface area (Å²) < 4.78 is 1.08. The predicted molar refractivity (Wildman–Crippen MR) is 71.2 cm³/mol. The van der Waals surface area contributed by atoms with Crippen LogP contribution in [-0.4, -0.2) is 31.7 Å². The van der Waals surface area contributed by atoms with Gasteiger partial charge in [-0.25, -0.2) is 4.79 Å². The first-order chi connectivity index (χ1) is 9.91. The fraction of sp³-hybridized carbons (Fsp3) is 0.0833. The molecule has 0 atom stereocenters. The molecule has 1 aromatic heterocycles. The van der Waals surface area contributed by atoms with Crippen LogP contribution in [0.15, 0.2) is 30.5 Å². The molecule has 9 nitrogen and oxygen atoms in total. The average Bonchev–Trinajstić information content (AvgIpc) is 2.79. The van der Waals surface area contributed by atoms with Gasteiger partial charge in [0.15, 0.2) is 5.69 Å². The molecule has 2 aromatic rings. The fourth-order valence-electron chi connectivity index (χ4n) is 1.80. The van der Waals surface area contributed by atoms with Crippen molar-refractivity contribution in [3.8, 4) is 0 Å². The summed E-state index contributed by atoms with van der Waals surface area (Å²) in [6.45, 7) is 0. The van der Waals surface area contributed by atoms with Crippen LogP contribution < -0.4 is 5.32 Å². The van der Waals surface area contributed by atoms with E-state index in [1.807, 2.05) is 0 Å². The molecule has 9 heteroatoms. The van der Waals surface area contributed by atoms with Crippen LogP contribution in [0.4, 0.5) is 11.4 Å². The Labute approximate surface area is 118 Å². The van der Waals surface area contributed by atoms with Crippen molar-refractivity contribution in [2.24, 2.45) is 7.05 Å². The van der Waals surface area contributed by atoms with Crippen LogP contribution in [0.3, 0.4) is 0 Å². The molecule has 1 heterocycles. The van der Waals surface area contributed by atoms with Gasteiger partial charge in [-0.15, -0.1) is 0 Å². The number of amides is 1. The number of nitro groups is 1. The minimum Gasteiger partial charge on any atom is -0.476 e. The number of carbonyl (C=O) groups excluding carboxylic acids is 1. The molecule has 0 radical (unpaired) electrons. The summed E-state index contributed by atoms with van der Waals surface area (Å²) in [6.07, 6.45) is 1.16. The summed E-state index contributed by atoms with van der Waals surface area (Å²) in [5.41, 5.74) is -0.784. The summed E-state index contributed by atoms with van der Waals surface area (Å²) in [5, 5.41) is 26.0. The third-order valence-corrected chi connectivity index (χ3v) is 2.73. The second kappa shape index (κ2) is 5.41. The molecule has 1 aromatic carbocycles. The molecule has 0 saturated heterocycles. The monoisotopic (exact) mass is 290 g/mol. The van der Waals surface area contributed by atoms with Crippen LogP contribution in [0.2, 0.25) is 0 Å². The van der Waals surface area contributed by atoms with Gasteiger partial charge in [0.1, 0.15) is 5.56 Å². The molecular formula is C12H10N4O5. The maximum Gasteiger partial charge on any atom is 0.356 e. The highest BCUT2D eigenvalue weighted by Gasteiger charge is 2.22. The number of anilines is 1. The van der Waals surface area contributed by atoms with Gasteiger partial charge in [-0.05, 0) is 6.07 Å². The largest absolute Gasteiger partial charge is 0.476 e. The van der Waals surface area contributed by atoms with Gasteiger partial charge in [-0.2, -0.15) is 5.10 Å². The SMILES string of the molecule is Cn1ncc(NC(=O)c2ccccc2[N+](=O)[O-])c1C(=O)O. The Morgan fingerprint density at radius 2 is 2.05 bits per heavy atom. The van der Waals surface area contributed by atoms with Gasteiger partial charge in [-0.1, -0.05) is 12.1 Å². The van der Waals surface area contributed by atoms with Gasteiger partial charge in [0.05, 0.1) is 16.8 Å². The normalized spacial score (nSPS) is 10.1. The number of aryl methyl sites for hydroxylation is 1. The molecule has 1 amide bonds. The molecule has 0 fully saturated rings. The van der Waals surface area contributed by atoms with Crippen LogP contribution in [0.5, 0.6) is 0 Å². The van der Waals surface area contributed by atoms with Gasteiger partial charge >= 0.3 is 5.97 Å². The first-order valence-electron chi connectivity index (χ1n) is 5.72. The van der Waals surface area contributed by atoms with Crippen molar-refractivity contribution in [2.45, 2.75) is 0 Å². The summed E-state index contributed by atoms with van der Waals surface area (Å²) in [5.74, 6) is -2.05. The highest BCUT2D eigenvalue weighted by molar-refractivity contribution is 6.09. The van der Waals surface area contributed by atoms with Crippen molar-refractivity contribution >= 4 is 23.3 Å². The van der Waals surface area contributed by atoms with Crippen molar-refractivity contribution in [1.29, 1.82) is 0 Å². The molecule has 0 spiro atoms. The third kappa shape index (κ3) is 2.71. The molecular weight excluding hydrogens is 280 g/mol. The van der Waals surface area contributed by atoms with Gasteiger partial charge in [0.25, 0.3) is 11.6 Å². The quantitative estimate of drug-likeness (QED) is 0.644. The first kappa shape index (κ1) is 14.2. The lowest BCUT2D eigenvalue weighted by atomic mass is 10.1. The number of hydrogen-bond acceptors (Lipinski definition) is 5. The number of nitrogens with zero attached hydrogens (tertiary/aromatic N) is 3. The second-order valence-corrected chi connectivity index (χ2v) is 4.06. The topological polar surface area (TPSA) is 127 Å². The summed E-state index contributed by atoms with van der Waals surface area (Å²) in [6, 6.07) is 5.38. The molecule has 108 valence electrons. The zero-order chi connectivity index (χ0) is 15.6. The second-order valence-electron chi connectivity index (χ2n) is 4.06. The number of para-hydroxylation sites is 1. The van der Waals surface area contributed by atoms with Crippen LogP contribution in [-0.2, 0) is 7.05 Å². The molecule has 0 aliphatic rings. The smallest absolute Gasteiger partial charge is 0.356 e. The lowest BCUT2D eigenvalue weighted by Gasteiger charge is -2.05. The molecule has 0 aliphatic carbocycles. The predicted octanol–water partition coefficient (Wildman–Crippen LogP) is 1.28. The molecule has 21 heavy (non-hydrogen) atoms. The summed E-state index contributed by atoms with van der Waals surface area (Å²) in [4.78, 5) is 33.3. The van der Waals surface area contributed by atoms with E-state index >= 15 is 0 Å². The van der Waals surface area contributed by atoms with E-state index in [0.29, 0.717) is 0 Å². The Bertz CT molecular complexity index is 737. The highest BCUT2D eigenvalue weighted by Crippen LogP contribution is 2.21. The van der Waals surface area contributed by atoms with Crippen molar-refractivity contribution in [2.75, 3.05) is 5.32 Å². The number of carboxylic acid groups (broad SMARTS) is 1. The van der Waals surface area contributed by atoms with Crippen molar-refractivity contribution < 1.29 is 19.6 Å². The number of rotatable bonds is 4. The Hall–Kier alpha value is -3.23. The maximum atomic E-state index is 12.1. The van der Waals surface area contributed by atoms with Crippen LogP contribution >= 0.6 is 0 Å². The lowest BCUT2D eigenvalue weighted by molar-refractivity contribution is -0.385. The lowest BCUT2D eigenvalue weighted by Crippen LogP contribution is -2.16. The van der Waals surface area contributed by atoms with Gasteiger partial charge in [0, 0.05) is 13.1 Å². The van der Waals surface area contributed by atoms with Crippen molar-refractivity contribution in [3.05, 3.63) is 51.8 Å². The Morgan fingerprint density at radius 1 is 1.38 bits per heavy atom. The van der Waals surface area contributed by atoms with Crippen molar-refractivity contribution in [1.82, 2.24) is 9.78 Å². The number of carbonyl (C=O) groups is 2. The summed E-state index contributed by atoms with van der Waals surface area (Å²) >= 11 is 0. The highest BCUT2D eigenvalue weighted by atomic mass is 16.6. The number of aromatic carboxylic acids is 1. The number of carboxylic acids is 1. The standard InChI is InChI=1S/C12H10N4O5/c1-15-10(12(18)19)8(6-13-15)14-11(17)7-4-2-3-5-9(7)16(20)21/h2-6H,1H3,(H,14,17)(H,18,19). The van der Waals surface area contributed by atoms with Crippen LogP contribution in [0.1, 0.15) is 20.8 Å². The molecule has 0 saturated carbocycles. The van der Waals surface area contributed by atoms with E-state index in [0.717, 1.165) is 10.9 Å². The Morgan fingerprint density at radius 3 is 2.67 bits per heavy atom. The average molecular weight is 290 g/mol. The van der Waals surface area contributed by atoms with Gasteiger partial charge in [0.2, 0.25) is 0 Å². The molecule has 0 aliphatic heterocycles. The summed E-state index contributed by atoms with van der Waals surface area (Å²) in [7, 11) is 1.41.